The van der Waals surface area contributed by atoms with Crippen LogP contribution >= 0.6 is 15.9 Å². The van der Waals surface area contributed by atoms with Gasteiger partial charge in [-0.15, -0.1) is 0 Å². The van der Waals surface area contributed by atoms with E-state index >= 15 is 0 Å². The second-order valence-electron chi connectivity index (χ2n) is 4.54. The van der Waals surface area contributed by atoms with E-state index in [9.17, 15) is 14.7 Å². The topological polar surface area (TPSA) is 69.6 Å². The van der Waals surface area contributed by atoms with Crippen LogP contribution in [0.4, 0.5) is 5.69 Å². The Morgan fingerprint density at radius 3 is 2.94 bits per heavy atom. The van der Waals surface area contributed by atoms with E-state index < -0.39 is 12.1 Å². The number of rotatable bonds is 0. The SMILES string of the molecule is O=C1Nc2ccc(Br)cc2C(=O)N2C[C@H](O)C[C@@H]12. The third-order valence-electron chi connectivity index (χ3n) is 3.31. The first kappa shape index (κ1) is 11.7. The van der Waals surface area contributed by atoms with Crippen LogP contribution in [0.1, 0.15) is 16.8 Å². The van der Waals surface area contributed by atoms with Crippen molar-refractivity contribution in [2.45, 2.75) is 18.6 Å². The highest BCUT2D eigenvalue weighted by Gasteiger charge is 2.42. The van der Waals surface area contributed by atoms with Gasteiger partial charge in [0.05, 0.1) is 17.4 Å². The molecule has 0 aromatic heterocycles. The fourth-order valence-electron chi connectivity index (χ4n) is 2.46. The van der Waals surface area contributed by atoms with Gasteiger partial charge in [0.15, 0.2) is 0 Å². The van der Waals surface area contributed by atoms with Gasteiger partial charge in [-0.2, -0.15) is 0 Å². The second kappa shape index (κ2) is 4.07. The minimum absolute atomic E-state index is 0.211. The smallest absolute Gasteiger partial charge is 0.256 e. The highest BCUT2D eigenvalue weighted by Crippen LogP contribution is 2.30. The molecule has 94 valence electrons. The molecule has 3 rings (SSSR count). The molecule has 18 heavy (non-hydrogen) atoms. The lowest BCUT2D eigenvalue weighted by atomic mass is 10.1. The molecule has 1 saturated heterocycles. The summed E-state index contributed by atoms with van der Waals surface area (Å²) < 4.78 is 0.780. The predicted molar refractivity (Wildman–Crippen MR) is 68.2 cm³/mol. The fourth-order valence-corrected chi connectivity index (χ4v) is 2.82. The highest BCUT2D eigenvalue weighted by molar-refractivity contribution is 9.10. The summed E-state index contributed by atoms with van der Waals surface area (Å²) in [7, 11) is 0. The van der Waals surface area contributed by atoms with Gasteiger partial charge >= 0.3 is 0 Å². The van der Waals surface area contributed by atoms with Crippen molar-refractivity contribution in [2.75, 3.05) is 11.9 Å². The number of benzene rings is 1. The third-order valence-corrected chi connectivity index (χ3v) is 3.81. The molecule has 0 aliphatic carbocycles. The third kappa shape index (κ3) is 1.72. The average molecular weight is 311 g/mol. The van der Waals surface area contributed by atoms with Crippen molar-refractivity contribution in [3.05, 3.63) is 28.2 Å². The molecule has 0 spiro atoms. The minimum atomic E-state index is -0.626. The van der Waals surface area contributed by atoms with Gasteiger partial charge in [0.1, 0.15) is 6.04 Å². The van der Waals surface area contributed by atoms with E-state index in [1.165, 1.54) is 4.90 Å². The minimum Gasteiger partial charge on any atom is -0.391 e. The summed E-state index contributed by atoms with van der Waals surface area (Å²) >= 11 is 3.31. The van der Waals surface area contributed by atoms with Crippen molar-refractivity contribution in [3.63, 3.8) is 0 Å². The number of carbonyl (C=O) groups excluding carboxylic acids is 2. The van der Waals surface area contributed by atoms with Gasteiger partial charge in [-0.1, -0.05) is 15.9 Å². The molecule has 2 aliphatic rings. The van der Waals surface area contributed by atoms with Crippen LogP contribution in [-0.2, 0) is 4.79 Å². The van der Waals surface area contributed by atoms with Gasteiger partial charge in [0, 0.05) is 17.4 Å². The number of hydrogen-bond donors (Lipinski definition) is 2. The Bertz CT molecular complexity index is 546. The number of amides is 2. The van der Waals surface area contributed by atoms with E-state index in [2.05, 4.69) is 21.2 Å². The Balaban J connectivity index is 2.09. The van der Waals surface area contributed by atoms with E-state index in [4.69, 9.17) is 0 Å². The fraction of sp³-hybridized carbons (Fsp3) is 0.333. The van der Waals surface area contributed by atoms with Gasteiger partial charge in [0.2, 0.25) is 5.91 Å². The van der Waals surface area contributed by atoms with Gasteiger partial charge < -0.3 is 15.3 Å². The summed E-state index contributed by atoms with van der Waals surface area (Å²) in [6.07, 6.45) is -0.328. The lowest BCUT2D eigenvalue weighted by molar-refractivity contribution is -0.119. The Labute approximate surface area is 112 Å². The molecule has 1 fully saturated rings. The van der Waals surface area contributed by atoms with E-state index in [1.54, 1.807) is 18.2 Å². The van der Waals surface area contributed by atoms with Crippen LogP contribution in [0.25, 0.3) is 0 Å². The summed E-state index contributed by atoms with van der Waals surface area (Å²) in [4.78, 5) is 25.8. The summed E-state index contributed by atoms with van der Waals surface area (Å²) in [5, 5.41) is 12.3. The Morgan fingerprint density at radius 2 is 2.17 bits per heavy atom. The van der Waals surface area contributed by atoms with Crippen molar-refractivity contribution >= 4 is 33.4 Å². The molecule has 0 unspecified atom stereocenters. The normalized spacial score (nSPS) is 26.4. The average Bonchev–Trinajstić information content (AvgIpc) is 2.69. The van der Waals surface area contributed by atoms with Crippen LogP contribution in [0, 0.1) is 0 Å². The van der Waals surface area contributed by atoms with Crippen LogP contribution in [0.15, 0.2) is 22.7 Å². The molecule has 2 N–H and O–H groups in total. The van der Waals surface area contributed by atoms with Crippen LogP contribution in [0.2, 0.25) is 0 Å². The number of anilines is 1. The molecule has 5 nitrogen and oxygen atoms in total. The van der Waals surface area contributed by atoms with Crippen molar-refractivity contribution in [1.82, 2.24) is 4.90 Å². The standard InChI is InChI=1S/C12H11BrN2O3/c13-6-1-2-9-8(3-6)12(18)15-5-7(16)4-10(15)11(17)14-9/h1-3,7,10,16H,4-5H2,(H,14,17)/t7-,10+/m1/s1. The van der Waals surface area contributed by atoms with Gasteiger partial charge in [-0.05, 0) is 18.2 Å². The maximum absolute atomic E-state index is 12.4. The quantitative estimate of drug-likeness (QED) is 0.750. The largest absolute Gasteiger partial charge is 0.391 e. The monoisotopic (exact) mass is 310 g/mol. The summed E-state index contributed by atoms with van der Waals surface area (Å²) in [6.45, 7) is 0.211. The molecule has 2 atom stereocenters. The maximum Gasteiger partial charge on any atom is 0.256 e. The highest BCUT2D eigenvalue weighted by atomic mass is 79.9. The molecule has 2 heterocycles. The number of nitrogens with one attached hydrogen (secondary N) is 1. The molecule has 0 radical (unpaired) electrons. The van der Waals surface area contributed by atoms with Crippen LogP contribution in [0.5, 0.6) is 0 Å². The molecule has 2 amide bonds. The predicted octanol–water partition coefficient (Wildman–Crippen LogP) is 0.977. The molecular weight excluding hydrogens is 300 g/mol. The Hall–Kier alpha value is -1.40. The number of hydrogen-bond acceptors (Lipinski definition) is 3. The lowest BCUT2D eigenvalue weighted by Gasteiger charge is -2.19. The number of aliphatic hydroxyl groups is 1. The lowest BCUT2D eigenvalue weighted by Crippen LogP contribution is -2.40. The van der Waals surface area contributed by atoms with Crippen LogP contribution in [-0.4, -0.2) is 40.5 Å². The molecule has 1 aromatic rings. The molecule has 1 aromatic carbocycles. The van der Waals surface area contributed by atoms with Crippen molar-refractivity contribution in [3.8, 4) is 0 Å². The molecule has 0 saturated carbocycles. The number of aliphatic hydroxyl groups excluding tert-OH is 1. The van der Waals surface area contributed by atoms with Crippen LogP contribution in [0.3, 0.4) is 0 Å². The van der Waals surface area contributed by atoms with Gasteiger partial charge in [-0.25, -0.2) is 0 Å². The summed E-state index contributed by atoms with van der Waals surface area (Å²) in [6, 6.07) is 4.59. The first-order chi connectivity index (χ1) is 8.56. The molecule has 0 bridgehead atoms. The van der Waals surface area contributed by atoms with E-state index in [0.29, 0.717) is 17.7 Å². The zero-order valence-electron chi connectivity index (χ0n) is 9.39. The van der Waals surface area contributed by atoms with E-state index in [1.807, 2.05) is 0 Å². The first-order valence-electron chi connectivity index (χ1n) is 5.65. The molecule has 2 aliphatic heterocycles. The van der Waals surface area contributed by atoms with Crippen molar-refractivity contribution in [2.24, 2.45) is 0 Å². The summed E-state index contributed by atoms with van der Waals surface area (Å²) in [5.41, 5.74) is 0.978. The molecule has 6 heteroatoms. The zero-order chi connectivity index (χ0) is 12.9. The van der Waals surface area contributed by atoms with Crippen molar-refractivity contribution in [1.29, 1.82) is 0 Å². The van der Waals surface area contributed by atoms with Gasteiger partial charge in [0.25, 0.3) is 5.91 Å². The summed E-state index contributed by atoms with van der Waals surface area (Å²) in [5.74, 6) is -0.452. The zero-order valence-corrected chi connectivity index (χ0v) is 11.0. The van der Waals surface area contributed by atoms with Crippen LogP contribution < -0.4 is 5.32 Å². The molecular formula is C12H11BrN2O3. The number of halogens is 1. The number of carbonyl (C=O) groups is 2. The van der Waals surface area contributed by atoms with E-state index in [0.717, 1.165) is 4.47 Å². The Morgan fingerprint density at radius 1 is 1.39 bits per heavy atom. The number of fused-ring (bicyclic) bond motifs is 2. The van der Waals surface area contributed by atoms with Crippen molar-refractivity contribution < 1.29 is 14.7 Å². The Kier molecular flexibility index (Phi) is 2.64. The van der Waals surface area contributed by atoms with Gasteiger partial charge in [-0.3, -0.25) is 9.59 Å². The second-order valence-corrected chi connectivity index (χ2v) is 5.46. The first-order valence-corrected chi connectivity index (χ1v) is 6.45. The maximum atomic E-state index is 12.4. The van der Waals surface area contributed by atoms with E-state index in [-0.39, 0.29) is 18.4 Å². The number of nitrogens with zero attached hydrogens (tertiary/aromatic N) is 1.